The van der Waals surface area contributed by atoms with Crippen LogP contribution in [-0.2, 0) is 4.79 Å². The van der Waals surface area contributed by atoms with E-state index in [1.165, 1.54) is 11.3 Å². The maximum Gasteiger partial charge on any atom is 0.223 e. The number of hydrogen-bond donors (Lipinski definition) is 0. The lowest BCUT2D eigenvalue weighted by atomic mass is 9.80. The maximum absolute atomic E-state index is 12.1. The summed E-state index contributed by atoms with van der Waals surface area (Å²) in [5, 5.41) is 0. The average molecular weight is 279 g/mol. The van der Waals surface area contributed by atoms with Gasteiger partial charge in [0.15, 0.2) is 5.78 Å². The molecule has 1 unspecified atom stereocenters. The number of carbonyl (C=O) groups is 2. The molecule has 4 heteroatoms. The van der Waals surface area contributed by atoms with Gasteiger partial charge in [-0.3, -0.25) is 9.59 Å². The summed E-state index contributed by atoms with van der Waals surface area (Å²) in [6, 6.07) is 3.80. The number of aryl methyl sites for hydroxylation is 1. The molecular formula is C15H21NO2S. The Morgan fingerprint density at radius 2 is 2.11 bits per heavy atom. The minimum absolute atomic E-state index is 0.0565. The van der Waals surface area contributed by atoms with Gasteiger partial charge < -0.3 is 4.90 Å². The van der Waals surface area contributed by atoms with Crippen molar-refractivity contribution in [3.8, 4) is 0 Å². The highest BCUT2D eigenvalue weighted by molar-refractivity contribution is 7.14. The van der Waals surface area contributed by atoms with E-state index in [2.05, 4.69) is 20.8 Å². The van der Waals surface area contributed by atoms with Crippen LogP contribution in [0.2, 0.25) is 0 Å². The molecule has 1 aromatic heterocycles. The van der Waals surface area contributed by atoms with E-state index in [0.717, 1.165) is 9.75 Å². The van der Waals surface area contributed by atoms with Crippen LogP contribution in [0.3, 0.4) is 0 Å². The van der Waals surface area contributed by atoms with E-state index in [1.54, 1.807) is 4.90 Å². The largest absolute Gasteiger partial charge is 0.335 e. The molecule has 0 spiro atoms. The number of thiophene rings is 1. The van der Waals surface area contributed by atoms with Crippen molar-refractivity contribution in [2.45, 2.75) is 34.1 Å². The molecule has 2 heterocycles. The van der Waals surface area contributed by atoms with Crippen LogP contribution in [0.25, 0.3) is 0 Å². The van der Waals surface area contributed by atoms with E-state index in [9.17, 15) is 9.59 Å². The Morgan fingerprint density at radius 1 is 1.42 bits per heavy atom. The average Bonchev–Trinajstić information content (AvgIpc) is 2.85. The number of amides is 1. The Balaban J connectivity index is 2.00. The second kappa shape index (κ2) is 5.08. The molecule has 3 nitrogen and oxygen atoms in total. The van der Waals surface area contributed by atoms with Crippen LogP contribution in [-0.4, -0.2) is 29.7 Å². The predicted octanol–water partition coefficient (Wildman–Crippen LogP) is 3.13. The van der Waals surface area contributed by atoms with Crippen LogP contribution < -0.4 is 0 Å². The predicted molar refractivity (Wildman–Crippen MR) is 77.5 cm³/mol. The first kappa shape index (κ1) is 14.3. The highest BCUT2D eigenvalue weighted by Crippen LogP contribution is 2.34. The third-order valence-electron chi connectivity index (χ3n) is 3.79. The maximum atomic E-state index is 12.1. The summed E-state index contributed by atoms with van der Waals surface area (Å²) in [6.07, 6.45) is 0.570. The molecule has 0 aliphatic carbocycles. The summed E-state index contributed by atoms with van der Waals surface area (Å²) < 4.78 is 0. The molecule has 104 valence electrons. The fourth-order valence-electron chi connectivity index (χ4n) is 2.34. The van der Waals surface area contributed by atoms with Gasteiger partial charge in [0.25, 0.3) is 0 Å². The van der Waals surface area contributed by atoms with Gasteiger partial charge >= 0.3 is 0 Å². The third kappa shape index (κ3) is 3.24. The van der Waals surface area contributed by atoms with Crippen LogP contribution in [0.4, 0.5) is 0 Å². The van der Waals surface area contributed by atoms with Crippen molar-refractivity contribution in [1.29, 1.82) is 0 Å². The van der Waals surface area contributed by atoms with Crippen LogP contribution in [0, 0.1) is 18.3 Å². The van der Waals surface area contributed by atoms with Crippen molar-refractivity contribution in [3.05, 3.63) is 21.9 Å². The standard InChI is InChI=1S/C15H21NO2S/c1-10-5-6-13(19-10)12(17)9-16-8-11(7-14(16)18)15(2,3)4/h5-6,11H,7-9H2,1-4H3. The fourth-order valence-corrected chi connectivity index (χ4v) is 3.14. The Bertz CT molecular complexity index is 498. The number of carbonyl (C=O) groups excluding carboxylic acids is 2. The van der Waals surface area contributed by atoms with Crippen LogP contribution >= 0.6 is 11.3 Å². The summed E-state index contributed by atoms with van der Waals surface area (Å²) in [6.45, 7) is 9.37. The lowest BCUT2D eigenvalue weighted by Gasteiger charge is -2.26. The van der Waals surface area contributed by atoms with Gasteiger partial charge in [0.1, 0.15) is 0 Å². The van der Waals surface area contributed by atoms with Gasteiger partial charge in [-0.25, -0.2) is 0 Å². The molecule has 1 amide bonds. The monoisotopic (exact) mass is 279 g/mol. The number of ketones is 1. The highest BCUT2D eigenvalue weighted by Gasteiger charge is 2.37. The Labute approximate surface area is 118 Å². The molecule has 1 aliphatic rings. The van der Waals surface area contributed by atoms with Crippen molar-refractivity contribution >= 4 is 23.0 Å². The lowest BCUT2D eigenvalue weighted by Crippen LogP contribution is -2.32. The molecule has 2 rings (SSSR count). The quantitative estimate of drug-likeness (QED) is 0.797. The van der Waals surface area contributed by atoms with E-state index in [0.29, 0.717) is 18.9 Å². The van der Waals surface area contributed by atoms with Crippen molar-refractivity contribution in [1.82, 2.24) is 4.90 Å². The minimum atomic E-state index is 0.0565. The highest BCUT2D eigenvalue weighted by atomic mass is 32.1. The summed E-state index contributed by atoms with van der Waals surface area (Å²) >= 11 is 1.50. The van der Waals surface area contributed by atoms with Crippen LogP contribution in [0.15, 0.2) is 12.1 Å². The van der Waals surface area contributed by atoms with E-state index < -0.39 is 0 Å². The zero-order valence-electron chi connectivity index (χ0n) is 12.0. The van der Waals surface area contributed by atoms with Crippen molar-refractivity contribution < 1.29 is 9.59 Å². The van der Waals surface area contributed by atoms with Crippen molar-refractivity contribution in [2.75, 3.05) is 13.1 Å². The van der Waals surface area contributed by atoms with Gasteiger partial charge in [-0.2, -0.15) is 0 Å². The third-order valence-corrected chi connectivity index (χ3v) is 4.83. The molecule has 19 heavy (non-hydrogen) atoms. The van der Waals surface area contributed by atoms with Gasteiger partial charge in [-0.05, 0) is 30.4 Å². The Hall–Kier alpha value is -1.16. The summed E-state index contributed by atoms with van der Waals surface area (Å²) in [5.41, 5.74) is 0.118. The smallest absolute Gasteiger partial charge is 0.223 e. The molecule has 1 saturated heterocycles. The van der Waals surface area contributed by atoms with Gasteiger partial charge in [0.2, 0.25) is 5.91 Å². The molecule has 1 fully saturated rings. The zero-order chi connectivity index (χ0) is 14.2. The van der Waals surface area contributed by atoms with Gasteiger partial charge in [-0.1, -0.05) is 20.8 Å². The first-order valence-electron chi connectivity index (χ1n) is 6.65. The minimum Gasteiger partial charge on any atom is -0.335 e. The summed E-state index contributed by atoms with van der Waals surface area (Å²) in [4.78, 5) is 27.7. The van der Waals surface area contributed by atoms with Crippen molar-refractivity contribution in [2.24, 2.45) is 11.3 Å². The summed E-state index contributed by atoms with van der Waals surface area (Å²) in [7, 11) is 0. The van der Waals surface area contributed by atoms with E-state index >= 15 is 0 Å². The van der Waals surface area contributed by atoms with E-state index in [4.69, 9.17) is 0 Å². The Morgan fingerprint density at radius 3 is 2.58 bits per heavy atom. The molecule has 0 radical (unpaired) electrons. The Kier molecular flexibility index (Phi) is 3.81. The number of likely N-dealkylation sites (tertiary alicyclic amines) is 1. The number of Topliss-reactive ketones (excluding diaryl/α,β-unsaturated/α-hetero) is 1. The lowest BCUT2D eigenvalue weighted by molar-refractivity contribution is -0.127. The summed E-state index contributed by atoms with van der Waals surface area (Å²) in [5.74, 6) is 0.514. The molecule has 0 aromatic carbocycles. The molecule has 1 atom stereocenters. The molecule has 1 aromatic rings. The van der Waals surface area contributed by atoms with Crippen LogP contribution in [0.5, 0.6) is 0 Å². The van der Waals surface area contributed by atoms with Crippen molar-refractivity contribution in [3.63, 3.8) is 0 Å². The van der Waals surface area contributed by atoms with E-state index in [-0.39, 0.29) is 23.7 Å². The molecule has 0 N–H and O–H groups in total. The first-order valence-corrected chi connectivity index (χ1v) is 7.46. The van der Waals surface area contributed by atoms with Gasteiger partial charge in [0.05, 0.1) is 11.4 Å². The van der Waals surface area contributed by atoms with Gasteiger partial charge in [-0.15, -0.1) is 11.3 Å². The normalized spacial score (nSPS) is 20.1. The fraction of sp³-hybridized carbons (Fsp3) is 0.600. The van der Waals surface area contributed by atoms with E-state index in [1.807, 2.05) is 19.1 Å². The first-order chi connectivity index (χ1) is 8.77. The van der Waals surface area contributed by atoms with Gasteiger partial charge in [0, 0.05) is 17.8 Å². The van der Waals surface area contributed by atoms with Crippen LogP contribution in [0.1, 0.15) is 41.7 Å². The number of hydrogen-bond acceptors (Lipinski definition) is 3. The number of nitrogens with zero attached hydrogens (tertiary/aromatic N) is 1. The molecule has 0 saturated carbocycles. The zero-order valence-corrected chi connectivity index (χ0v) is 12.8. The molecular weight excluding hydrogens is 258 g/mol. The topological polar surface area (TPSA) is 37.4 Å². The SMILES string of the molecule is Cc1ccc(C(=O)CN2CC(C(C)(C)C)CC2=O)s1. The molecule has 0 bridgehead atoms. The second-order valence-corrected chi connectivity index (χ2v) is 7.66. The second-order valence-electron chi connectivity index (χ2n) is 6.37. The number of rotatable bonds is 3. The molecule has 1 aliphatic heterocycles.